The summed E-state index contributed by atoms with van der Waals surface area (Å²) < 4.78 is 5.13. The highest BCUT2D eigenvalue weighted by Gasteiger charge is 2.05. The van der Waals surface area contributed by atoms with Gasteiger partial charge < -0.3 is 4.74 Å². The van der Waals surface area contributed by atoms with Crippen molar-refractivity contribution in [3.63, 3.8) is 0 Å². The Bertz CT molecular complexity index is 378. The number of aryl methyl sites for hydroxylation is 1. The second-order valence-electron chi connectivity index (χ2n) is 3.39. The molecule has 0 aliphatic rings. The molecule has 0 bridgehead atoms. The van der Waals surface area contributed by atoms with E-state index in [0.29, 0.717) is 5.75 Å². The lowest BCUT2D eigenvalue weighted by Gasteiger charge is -2.07. The van der Waals surface area contributed by atoms with E-state index < -0.39 is 0 Å². The number of allylic oxidation sites excluding steroid dienone is 1. The Morgan fingerprint density at radius 2 is 2.20 bits per heavy atom. The molecule has 0 aliphatic carbocycles. The minimum atomic E-state index is -0.285. The Morgan fingerprint density at radius 3 is 2.80 bits per heavy atom. The van der Waals surface area contributed by atoms with Crippen LogP contribution in [0.4, 0.5) is 0 Å². The van der Waals surface area contributed by atoms with Crippen LogP contribution in [-0.4, -0.2) is 5.97 Å². The molecule has 0 spiro atoms. The fraction of sp³-hybridized carbons (Fsp3) is 0.308. The molecule has 80 valence electrons. The molecule has 0 saturated heterocycles. The van der Waals surface area contributed by atoms with Crippen LogP contribution in [0.1, 0.15) is 31.4 Å². The molecule has 0 fully saturated rings. The van der Waals surface area contributed by atoms with Crippen molar-refractivity contribution in [1.29, 1.82) is 0 Å². The zero-order valence-corrected chi connectivity index (χ0v) is 9.41. The Labute approximate surface area is 90.6 Å². The molecular formula is C13H16O2. The van der Waals surface area contributed by atoms with E-state index in [1.807, 2.05) is 31.2 Å². The van der Waals surface area contributed by atoms with E-state index >= 15 is 0 Å². The van der Waals surface area contributed by atoms with Crippen LogP contribution >= 0.6 is 0 Å². The maximum atomic E-state index is 10.9. The van der Waals surface area contributed by atoms with Crippen molar-refractivity contribution >= 4 is 12.0 Å². The highest BCUT2D eigenvalue weighted by Crippen LogP contribution is 2.23. The molecule has 1 rings (SSSR count). The zero-order chi connectivity index (χ0) is 11.3. The maximum Gasteiger partial charge on any atom is 0.308 e. The standard InChI is InChI=1S/C13H16O2/c1-4-5-8-12-10(2)7-6-9-13(12)15-11(3)14/h5-9H,4H2,1-3H3. The first-order chi connectivity index (χ1) is 7.15. The van der Waals surface area contributed by atoms with Crippen LogP contribution in [0.5, 0.6) is 5.75 Å². The minimum absolute atomic E-state index is 0.285. The first kappa shape index (κ1) is 11.5. The molecule has 0 heterocycles. The average Bonchev–Trinajstić information content (AvgIpc) is 2.16. The van der Waals surface area contributed by atoms with Gasteiger partial charge in [-0.1, -0.05) is 31.2 Å². The van der Waals surface area contributed by atoms with Gasteiger partial charge in [-0.3, -0.25) is 4.79 Å². The predicted molar refractivity (Wildman–Crippen MR) is 61.8 cm³/mol. The van der Waals surface area contributed by atoms with E-state index in [2.05, 4.69) is 13.0 Å². The van der Waals surface area contributed by atoms with E-state index in [4.69, 9.17) is 4.74 Å². The molecule has 0 radical (unpaired) electrons. The molecule has 2 nitrogen and oxygen atoms in total. The van der Waals surface area contributed by atoms with E-state index in [0.717, 1.165) is 17.5 Å². The Balaban J connectivity index is 3.08. The summed E-state index contributed by atoms with van der Waals surface area (Å²) in [5, 5.41) is 0. The number of ether oxygens (including phenoxy) is 1. The van der Waals surface area contributed by atoms with Gasteiger partial charge in [0.15, 0.2) is 0 Å². The smallest absolute Gasteiger partial charge is 0.308 e. The van der Waals surface area contributed by atoms with Gasteiger partial charge in [0.25, 0.3) is 0 Å². The number of hydrogen-bond donors (Lipinski definition) is 0. The van der Waals surface area contributed by atoms with Gasteiger partial charge in [0, 0.05) is 12.5 Å². The number of esters is 1. The van der Waals surface area contributed by atoms with Gasteiger partial charge in [-0.25, -0.2) is 0 Å². The van der Waals surface area contributed by atoms with Crippen LogP contribution < -0.4 is 4.74 Å². The molecule has 0 aromatic heterocycles. The van der Waals surface area contributed by atoms with Gasteiger partial charge in [-0.2, -0.15) is 0 Å². The monoisotopic (exact) mass is 204 g/mol. The highest BCUT2D eigenvalue weighted by atomic mass is 16.5. The van der Waals surface area contributed by atoms with Gasteiger partial charge >= 0.3 is 5.97 Å². The van der Waals surface area contributed by atoms with Crippen molar-refractivity contribution in [2.24, 2.45) is 0 Å². The fourth-order valence-corrected chi connectivity index (χ4v) is 1.35. The summed E-state index contributed by atoms with van der Waals surface area (Å²) in [5.41, 5.74) is 2.09. The Kier molecular flexibility index (Phi) is 4.10. The van der Waals surface area contributed by atoms with Crippen LogP contribution in [0.2, 0.25) is 0 Å². The Morgan fingerprint density at radius 1 is 1.47 bits per heavy atom. The van der Waals surface area contributed by atoms with E-state index in [1.165, 1.54) is 6.92 Å². The molecule has 0 atom stereocenters. The number of hydrogen-bond acceptors (Lipinski definition) is 2. The third-order valence-corrected chi connectivity index (χ3v) is 2.06. The van der Waals surface area contributed by atoms with Crippen LogP contribution in [0.3, 0.4) is 0 Å². The summed E-state index contributed by atoms with van der Waals surface area (Å²) in [6.45, 7) is 5.48. The van der Waals surface area contributed by atoms with Gasteiger partial charge in [0.05, 0.1) is 0 Å². The molecule has 0 unspecified atom stereocenters. The molecule has 1 aromatic rings. The van der Waals surface area contributed by atoms with Crippen LogP contribution in [0.25, 0.3) is 6.08 Å². The average molecular weight is 204 g/mol. The molecular weight excluding hydrogens is 188 g/mol. The lowest BCUT2D eigenvalue weighted by molar-refractivity contribution is -0.131. The molecule has 1 aromatic carbocycles. The summed E-state index contributed by atoms with van der Waals surface area (Å²) in [6.07, 6.45) is 5.01. The second kappa shape index (κ2) is 5.35. The normalized spacial score (nSPS) is 10.6. The Hall–Kier alpha value is -1.57. The maximum absolute atomic E-state index is 10.9. The molecule has 2 heteroatoms. The van der Waals surface area contributed by atoms with Crippen molar-refractivity contribution in [2.45, 2.75) is 27.2 Å². The largest absolute Gasteiger partial charge is 0.426 e. The molecule has 0 saturated carbocycles. The summed E-state index contributed by atoms with van der Waals surface area (Å²) in [4.78, 5) is 10.9. The van der Waals surface area contributed by atoms with Gasteiger partial charge in [-0.15, -0.1) is 0 Å². The molecule has 15 heavy (non-hydrogen) atoms. The molecule has 0 N–H and O–H groups in total. The molecule has 0 amide bonds. The van der Waals surface area contributed by atoms with Gasteiger partial charge in [0.1, 0.15) is 5.75 Å². The predicted octanol–water partition coefficient (Wildman–Crippen LogP) is 3.34. The van der Waals surface area contributed by atoms with Crippen molar-refractivity contribution < 1.29 is 9.53 Å². The summed E-state index contributed by atoms with van der Waals surface area (Å²) >= 11 is 0. The quantitative estimate of drug-likeness (QED) is 0.557. The van der Waals surface area contributed by atoms with Gasteiger partial charge in [-0.05, 0) is 25.0 Å². The lowest BCUT2D eigenvalue weighted by Crippen LogP contribution is -2.03. The minimum Gasteiger partial charge on any atom is -0.426 e. The van der Waals surface area contributed by atoms with Crippen LogP contribution in [0.15, 0.2) is 24.3 Å². The van der Waals surface area contributed by atoms with Crippen molar-refractivity contribution in [3.8, 4) is 5.75 Å². The third kappa shape index (κ3) is 3.24. The summed E-state index contributed by atoms with van der Waals surface area (Å²) in [5.74, 6) is 0.346. The van der Waals surface area contributed by atoms with E-state index in [-0.39, 0.29) is 5.97 Å². The van der Waals surface area contributed by atoms with E-state index in [9.17, 15) is 4.79 Å². The highest BCUT2D eigenvalue weighted by molar-refractivity contribution is 5.72. The number of rotatable bonds is 3. The lowest BCUT2D eigenvalue weighted by atomic mass is 10.1. The number of carbonyl (C=O) groups is 1. The van der Waals surface area contributed by atoms with Gasteiger partial charge in [0.2, 0.25) is 0 Å². The van der Waals surface area contributed by atoms with E-state index in [1.54, 1.807) is 0 Å². The SMILES string of the molecule is CCC=Cc1c(C)cccc1OC(C)=O. The van der Waals surface area contributed by atoms with Crippen molar-refractivity contribution in [3.05, 3.63) is 35.4 Å². The second-order valence-corrected chi connectivity index (χ2v) is 3.39. The van der Waals surface area contributed by atoms with Crippen molar-refractivity contribution in [2.75, 3.05) is 0 Å². The summed E-state index contributed by atoms with van der Waals surface area (Å²) in [7, 11) is 0. The zero-order valence-electron chi connectivity index (χ0n) is 9.41. The number of benzene rings is 1. The van der Waals surface area contributed by atoms with Crippen LogP contribution in [-0.2, 0) is 4.79 Å². The summed E-state index contributed by atoms with van der Waals surface area (Å²) in [6, 6.07) is 5.70. The molecule has 0 aliphatic heterocycles. The fourth-order valence-electron chi connectivity index (χ4n) is 1.35. The first-order valence-electron chi connectivity index (χ1n) is 5.09. The first-order valence-corrected chi connectivity index (χ1v) is 5.09. The van der Waals surface area contributed by atoms with Crippen molar-refractivity contribution in [1.82, 2.24) is 0 Å². The van der Waals surface area contributed by atoms with Crippen LogP contribution in [0, 0.1) is 6.92 Å². The third-order valence-electron chi connectivity index (χ3n) is 2.06. The topological polar surface area (TPSA) is 26.3 Å². The number of carbonyl (C=O) groups excluding carboxylic acids is 1.